The molecule has 5 rings (SSSR count). The molecule has 0 aliphatic heterocycles. The molecule has 0 atom stereocenters. The van der Waals surface area contributed by atoms with Crippen molar-refractivity contribution in [3.63, 3.8) is 0 Å². The number of fused-ring (bicyclic) bond motifs is 2. The standard InChI is InChI=1S/C23H17FN4O3S2/c24-17-7-9-19-20(12-17)33-23(26-19)27(25-13-18-8-10-21(32-18)28(30)31)22(29)16-6-5-14-3-1-2-4-15(14)11-16/h5-13H,1-4H2/b25-13+. The fraction of sp³-hybridized carbons (Fsp3) is 0.174. The Morgan fingerprint density at radius 1 is 1.09 bits per heavy atom. The Kier molecular flexibility index (Phi) is 5.69. The minimum absolute atomic E-state index is 0.0144. The third-order valence-electron chi connectivity index (χ3n) is 5.40. The highest BCUT2D eigenvalue weighted by atomic mass is 32.1. The van der Waals surface area contributed by atoms with Gasteiger partial charge in [0.2, 0.25) is 5.13 Å². The van der Waals surface area contributed by atoms with Gasteiger partial charge >= 0.3 is 5.00 Å². The van der Waals surface area contributed by atoms with E-state index in [2.05, 4.69) is 10.1 Å². The highest BCUT2D eigenvalue weighted by molar-refractivity contribution is 7.22. The molecular weight excluding hydrogens is 463 g/mol. The molecule has 1 aliphatic carbocycles. The Balaban J connectivity index is 1.54. The number of rotatable bonds is 5. The molecule has 0 saturated carbocycles. The van der Waals surface area contributed by atoms with Crippen LogP contribution in [0, 0.1) is 15.9 Å². The molecule has 0 bridgehead atoms. The molecule has 4 aromatic rings. The number of aromatic nitrogens is 1. The molecule has 0 radical (unpaired) electrons. The molecule has 7 nitrogen and oxygen atoms in total. The Bertz CT molecular complexity index is 1410. The molecule has 0 N–H and O–H groups in total. The van der Waals surface area contributed by atoms with Crippen molar-refractivity contribution in [2.75, 3.05) is 5.01 Å². The van der Waals surface area contributed by atoms with Crippen LogP contribution in [0.25, 0.3) is 10.2 Å². The molecular formula is C23H17FN4O3S2. The second-order valence-electron chi connectivity index (χ2n) is 7.59. The number of hydrogen-bond donors (Lipinski definition) is 0. The van der Waals surface area contributed by atoms with Gasteiger partial charge in [-0.3, -0.25) is 14.9 Å². The molecule has 0 saturated heterocycles. The Labute approximate surface area is 196 Å². The van der Waals surface area contributed by atoms with Crippen LogP contribution in [-0.4, -0.2) is 22.0 Å². The first-order chi connectivity index (χ1) is 16.0. The molecule has 0 fully saturated rings. The molecule has 1 aliphatic rings. The second kappa shape index (κ2) is 8.80. The predicted molar refractivity (Wildman–Crippen MR) is 128 cm³/mol. The first kappa shape index (κ1) is 21.4. The first-order valence-corrected chi connectivity index (χ1v) is 11.9. The van der Waals surface area contributed by atoms with Crippen LogP contribution in [0.2, 0.25) is 0 Å². The molecule has 166 valence electrons. The Morgan fingerprint density at radius 2 is 1.91 bits per heavy atom. The summed E-state index contributed by atoms with van der Waals surface area (Å²) in [5, 5.41) is 16.8. The van der Waals surface area contributed by atoms with Gasteiger partial charge in [-0.15, -0.1) is 0 Å². The van der Waals surface area contributed by atoms with E-state index in [0.29, 0.717) is 25.8 Å². The first-order valence-electron chi connectivity index (χ1n) is 10.3. The van der Waals surface area contributed by atoms with Gasteiger partial charge in [-0.2, -0.15) is 10.1 Å². The number of anilines is 1. The van der Waals surface area contributed by atoms with Crippen molar-refractivity contribution in [1.29, 1.82) is 0 Å². The average molecular weight is 481 g/mol. The largest absolute Gasteiger partial charge is 0.324 e. The van der Waals surface area contributed by atoms with E-state index in [9.17, 15) is 19.3 Å². The molecule has 1 amide bonds. The number of thiophene rings is 1. The SMILES string of the molecule is O=C(c1ccc2c(c1)CCCC2)N(/N=C/c1ccc([N+](=O)[O-])s1)c1nc2ccc(F)cc2s1. The van der Waals surface area contributed by atoms with Crippen molar-refractivity contribution >= 4 is 55.1 Å². The Hall–Kier alpha value is -3.50. The molecule has 33 heavy (non-hydrogen) atoms. The summed E-state index contributed by atoms with van der Waals surface area (Å²) in [5.41, 5.74) is 3.46. The summed E-state index contributed by atoms with van der Waals surface area (Å²) in [6, 6.07) is 12.9. The van der Waals surface area contributed by atoms with Gasteiger partial charge in [0, 0.05) is 11.6 Å². The van der Waals surface area contributed by atoms with E-state index in [4.69, 9.17) is 0 Å². The van der Waals surface area contributed by atoms with Crippen molar-refractivity contribution in [3.05, 3.63) is 86.0 Å². The average Bonchev–Trinajstić information content (AvgIpc) is 3.46. The quantitative estimate of drug-likeness (QED) is 0.200. The van der Waals surface area contributed by atoms with E-state index < -0.39 is 4.92 Å². The number of carbonyl (C=O) groups is 1. The molecule has 2 aromatic carbocycles. The summed E-state index contributed by atoms with van der Waals surface area (Å²) >= 11 is 2.11. The summed E-state index contributed by atoms with van der Waals surface area (Å²) in [4.78, 5) is 29.0. The van der Waals surface area contributed by atoms with Gasteiger partial charge in [0.15, 0.2) is 0 Å². The molecule has 0 unspecified atom stereocenters. The normalized spacial score (nSPS) is 13.4. The lowest BCUT2D eigenvalue weighted by molar-refractivity contribution is -0.380. The van der Waals surface area contributed by atoms with Crippen molar-refractivity contribution in [2.24, 2.45) is 5.10 Å². The van der Waals surface area contributed by atoms with Gasteiger partial charge < -0.3 is 0 Å². The number of amides is 1. The lowest BCUT2D eigenvalue weighted by atomic mass is 9.90. The maximum atomic E-state index is 13.7. The van der Waals surface area contributed by atoms with Crippen molar-refractivity contribution in [3.8, 4) is 0 Å². The number of aryl methyl sites for hydroxylation is 2. The molecule has 10 heteroatoms. The fourth-order valence-electron chi connectivity index (χ4n) is 3.78. The highest BCUT2D eigenvalue weighted by Gasteiger charge is 2.23. The Morgan fingerprint density at radius 3 is 2.70 bits per heavy atom. The minimum atomic E-state index is -0.472. The number of halogens is 1. The number of carbonyl (C=O) groups excluding carboxylic acids is 1. The van der Waals surface area contributed by atoms with Gasteiger partial charge in [-0.25, -0.2) is 9.37 Å². The van der Waals surface area contributed by atoms with Crippen molar-refractivity contribution in [2.45, 2.75) is 25.7 Å². The van der Waals surface area contributed by atoms with E-state index in [1.165, 1.54) is 35.0 Å². The van der Waals surface area contributed by atoms with Gasteiger partial charge in [-0.05, 0) is 73.2 Å². The summed E-state index contributed by atoms with van der Waals surface area (Å²) < 4.78 is 14.3. The minimum Gasteiger partial charge on any atom is -0.267 e. The number of hydrogen-bond acceptors (Lipinski definition) is 7. The van der Waals surface area contributed by atoms with Gasteiger partial charge in [-0.1, -0.05) is 28.7 Å². The van der Waals surface area contributed by atoms with Crippen LogP contribution in [-0.2, 0) is 12.8 Å². The van der Waals surface area contributed by atoms with Crippen molar-refractivity contribution in [1.82, 2.24) is 4.98 Å². The number of nitro groups is 1. The summed E-state index contributed by atoms with van der Waals surface area (Å²) in [6.45, 7) is 0. The summed E-state index contributed by atoms with van der Waals surface area (Å²) in [7, 11) is 0. The zero-order chi connectivity index (χ0) is 22.9. The van der Waals surface area contributed by atoms with E-state index in [-0.39, 0.29) is 16.7 Å². The number of nitrogens with zero attached hydrogens (tertiary/aromatic N) is 4. The lowest BCUT2D eigenvalue weighted by Crippen LogP contribution is -2.26. The van der Waals surface area contributed by atoms with Crippen LogP contribution in [0.4, 0.5) is 14.5 Å². The van der Waals surface area contributed by atoms with E-state index in [1.807, 2.05) is 12.1 Å². The zero-order valence-electron chi connectivity index (χ0n) is 17.2. The van der Waals surface area contributed by atoms with E-state index >= 15 is 0 Å². The smallest absolute Gasteiger partial charge is 0.267 e. The third kappa shape index (κ3) is 4.39. The zero-order valence-corrected chi connectivity index (χ0v) is 18.9. The van der Waals surface area contributed by atoms with Gasteiger partial charge in [0.05, 0.1) is 26.2 Å². The fourth-order valence-corrected chi connectivity index (χ4v) is 5.41. The highest BCUT2D eigenvalue weighted by Crippen LogP contribution is 2.32. The second-order valence-corrected chi connectivity index (χ2v) is 9.70. The van der Waals surface area contributed by atoms with Crippen LogP contribution in [0.3, 0.4) is 0 Å². The van der Waals surface area contributed by atoms with E-state index in [1.54, 1.807) is 18.2 Å². The number of hydrazone groups is 1. The maximum absolute atomic E-state index is 13.7. The van der Waals surface area contributed by atoms with Gasteiger partial charge in [0.1, 0.15) is 5.82 Å². The summed E-state index contributed by atoms with van der Waals surface area (Å²) in [6.07, 6.45) is 5.57. The van der Waals surface area contributed by atoms with Crippen LogP contribution in [0.15, 0.2) is 53.6 Å². The van der Waals surface area contributed by atoms with Crippen LogP contribution in [0.5, 0.6) is 0 Å². The van der Waals surface area contributed by atoms with Crippen LogP contribution < -0.4 is 5.01 Å². The predicted octanol–water partition coefficient (Wildman–Crippen LogP) is 5.96. The summed E-state index contributed by atoms with van der Waals surface area (Å²) in [5.74, 6) is -0.759. The van der Waals surface area contributed by atoms with Crippen molar-refractivity contribution < 1.29 is 14.1 Å². The van der Waals surface area contributed by atoms with Gasteiger partial charge in [0.25, 0.3) is 5.91 Å². The number of thiazole rings is 1. The molecule has 2 aromatic heterocycles. The maximum Gasteiger partial charge on any atom is 0.324 e. The molecule has 2 heterocycles. The van der Waals surface area contributed by atoms with Crippen LogP contribution in [0.1, 0.15) is 39.2 Å². The van der Waals surface area contributed by atoms with Crippen LogP contribution >= 0.6 is 22.7 Å². The monoisotopic (exact) mass is 480 g/mol. The lowest BCUT2D eigenvalue weighted by Gasteiger charge is -2.18. The third-order valence-corrected chi connectivity index (χ3v) is 7.37. The van der Waals surface area contributed by atoms with E-state index in [0.717, 1.165) is 53.9 Å². The topological polar surface area (TPSA) is 88.7 Å². The number of benzene rings is 2. The molecule has 0 spiro atoms.